The maximum atomic E-state index is 12.1. The average molecular weight is 651 g/mol. The summed E-state index contributed by atoms with van der Waals surface area (Å²) in [4.78, 5) is 83.3. The van der Waals surface area contributed by atoms with Gasteiger partial charge in [0, 0.05) is 55.6 Å². The van der Waals surface area contributed by atoms with Gasteiger partial charge in [-0.1, -0.05) is 0 Å². The highest BCUT2D eigenvalue weighted by molar-refractivity contribution is 5.69. The van der Waals surface area contributed by atoms with E-state index in [0.717, 1.165) is 48.5 Å². The summed E-state index contributed by atoms with van der Waals surface area (Å²) in [5.41, 5.74) is 0. The first-order chi connectivity index (χ1) is 21.0. The fourth-order valence-corrected chi connectivity index (χ4v) is 4.71. The van der Waals surface area contributed by atoms with Crippen molar-refractivity contribution in [2.24, 2.45) is 0 Å². The van der Waals surface area contributed by atoms with Crippen LogP contribution in [-0.4, -0.2) is 124 Å². The summed E-state index contributed by atoms with van der Waals surface area (Å²) in [6.45, 7) is 6.51. The molecule has 0 aromatic rings. The van der Waals surface area contributed by atoms with Gasteiger partial charge < -0.3 is 52.1 Å². The molecule has 0 aliphatic carbocycles. The number of esters is 7. The zero-order valence-corrected chi connectivity index (χ0v) is 26.0. The second-order valence-electron chi connectivity index (χ2n) is 9.90. The van der Waals surface area contributed by atoms with Crippen molar-refractivity contribution in [3.63, 3.8) is 0 Å². The Morgan fingerprint density at radius 1 is 0.511 bits per heavy atom. The van der Waals surface area contributed by atoms with Crippen LogP contribution in [0, 0.1) is 0 Å². The van der Waals surface area contributed by atoms with Crippen molar-refractivity contribution in [1.82, 2.24) is 0 Å². The van der Waals surface area contributed by atoms with Gasteiger partial charge >= 0.3 is 41.8 Å². The lowest BCUT2D eigenvalue weighted by Crippen LogP contribution is -2.48. The summed E-state index contributed by atoms with van der Waals surface area (Å²) in [5.74, 6) is -5.52. The van der Waals surface area contributed by atoms with Crippen LogP contribution >= 0.6 is 0 Å². The smallest absolute Gasteiger partial charge is 0.303 e. The molecule has 0 N–H and O–H groups in total. The van der Waals surface area contributed by atoms with Crippen LogP contribution in [0.4, 0.5) is 0 Å². The molecule has 18 heteroatoms. The van der Waals surface area contributed by atoms with E-state index in [1.165, 1.54) is 7.11 Å². The highest BCUT2D eigenvalue weighted by atomic mass is 16.8. The maximum Gasteiger partial charge on any atom is 0.303 e. The van der Waals surface area contributed by atoms with Crippen molar-refractivity contribution in [3.05, 3.63) is 0 Å². The molecule has 0 aromatic carbocycles. The number of hydrogen-bond acceptors (Lipinski definition) is 18. The molecule has 0 saturated carbocycles. The molecular formula is C27H38O18. The lowest BCUT2D eigenvalue weighted by atomic mass is 10.0. The Bertz CT molecular complexity index is 1110. The third-order valence-electron chi connectivity index (χ3n) is 6.10. The normalized spacial score (nSPS) is 28.6. The first-order valence-corrected chi connectivity index (χ1v) is 13.7. The second-order valence-corrected chi connectivity index (χ2v) is 9.90. The van der Waals surface area contributed by atoms with Crippen LogP contribution in [0.5, 0.6) is 0 Å². The molecule has 2 heterocycles. The molecule has 0 aromatic heterocycles. The van der Waals surface area contributed by atoms with Crippen LogP contribution in [-0.2, 0) is 85.7 Å². The zero-order chi connectivity index (χ0) is 34.0. The van der Waals surface area contributed by atoms with Gasteiger partial charge in [-0.15, -0.1) is 0 Å². The van der Waals surface area contributed by atoms with E-state index < -0.39 is 116 Å². The molecule has 45 heavy (non-hydrogen) atoms. The van der Waals surface area contributed by atoms with E-state index in [4.69, 9.17) is 52.1 Å². The largest absolute Gasteiger partial charge is 0.462 e. The molecule has 2 aliphatic heterocycles. The molecule has 0 radical (unpaired) electrons. The third-order valence-corrected chi connectivity index (χ3v) is 6.10. The number of carbonyl (C=O) groups excluding carboxylic acids is 7. The van der Waals surface area contributed by atoms with Crippen LogP contribution in [0.25, 0.3) is 0 Å². The SMILES string of the molecule is CO[C@@H]1O[C@@H](C(CO[C@@H]2O[C@@H](C(COC(C)=O)OC(C)=O)C(OC(C)=O)C2OC(C)=O)OC(C)=O)C(OC(C)=O)C1OC(C)=O. The molecule has 2 fully saturated rings. The van der Waals surface area contributed by atoms with Crippen LogP contribution in [0.2, 0.25) is 0 Å². The van der Waals surface area contributed by atoms with Gasteiger partial charge in [-0.25, -0.2) is 0 Å². The monoisotopic (exact) mass is 650 g/mol. The number of methoxy groups -OCH3 is 1. The summed E-state index contributed by atoms with van der Waals surface area (Å²) < 4.78 is 59.8. The van der Waals surface area contributed by atoms with Gasteiger partial charge in [0.15, 0.2) is 49.2 Å². The van der Waals surface area contributed by atoms with Crippen molar-refractivity contribution in [1.29, 1.82) is 0 Å². The fourth-order valence-electron chi connectivity index (χ4n) is 4.71. The summed E-state index contributed by atoms with van der Waals surface area (Å²) in [6, 6.07) is 0. The molecule has 2 rings (SSSR count). The molecule has 2 saturated heterocycles. The molecule has 0 bridgehead atoms. The van der Waals surface area contributed by atoms with Crippen molar-refractivity contribution in [3.8, 4) is 0 Å². The first-order valence-electron chi connectivity index (χ1n) is 13.7. The lowest BCUT2D eigenvalue weighted by Gasteiger charge is -2.29. The van der Waals surface area contributed by atoms with Gasteiger partial charge in [-0.05, 0) is 0 Å². The van der Waals surface area contributed by atoms with Gasteiger partial charge in [-0.2, -0.15) is 0 Å². The van der Waals surface area contributed by atoms with E-state index in [1.54, 1.807) is 0 Å². The summed E-state index contributed by atoms with van der Waals surface area (Å²) in [5, 5.41) is 0. The van der Waals surface area contributed by atoms with E-state index in [0.29, 0.717) is 0 Å². The highest BCUT2D eigenvalue weighted by Gasteiger charge is 2.56. The molecule has 6 unspecified atom stereocenters. The van der Waals surface area contributed by atoms with Gasteiger partial charge in [0.2, 0.25) is 0 Å². The Labute approximate surface area is 258 Å². The zero-order valence-electron chi connectivity index (χ0n) is 26.0. The number of rotatable bonds is 14. The van der Waals surface area contributed by atoms with Crippen LogP contribution < -0.4 is 0 Å². The van der Waals surface area contributed by atoms with E-state index in [9.17, 15) is 33.6 Å². The standard InChI is InChI=1S/C27H38O18/c1-11(28)36-9-18(38-12(2)29)21-23(41-15(5)32)25(43-17(7)34)27(45-21)37-10-19(39-13(3)30)20-22(40-14(4)31)24(42-16(6)33)26(35-8)44-20/h18-27H,9-10H2,1-8H3/t18?,19?,20-,21-,22?,23?,24?,25?,26+,27+/m0/s1. The summed E-state index contributed by atoms with van der Waals surface area (Å²) in [6.07, 6.45) is -13.8. The van der Waals surface area contributed by atoms with Crippen molar-refractivity contribution in [2.75, 3.05) is 20.3 Å². The van der Waals surface area contributed by atoms with Crippen molar-refractivity contribution in [2.45, 2.75) is 110 Å². The van der Waals surface area contributed by atoms with Gasteiger partial charge in [0.25, 0.3) is 0 Å². The minimum absolute atomic E-state index is 0.525. The fraction of sp³-hybridized carbons (Fsp3) is 0.741. The molecule has 2 aliphatic rings. The molecule has 18 nitrogen and oxygen atoms in total. The first kappa shape index (κ1) is 37.3. The van der Waals surface area contributed by atoms with Gasteiger partial charge in [0.05, 0.1) is 6.61 Å². The molecule has 0 spiro atoms. The number of hydrogen-bond donors (Lipinski definition) is 0. The Morgan fingerprint density at radius 2 is 0.889 bits per heavy atom. The second kappa shape index (κ2) is 17.0. The quantitative estimate of drug-likeness (QED) is 0.167. The Hall–Kier alpha value is -3.87. The maximum absolute atomic E-state index is 12.1. The summed E-state index contributed by atoms with van der Waals surface area (Å²) >= 11 is 0. The Kier molecular flexibility index (Phi) is 14.1. The molecular weight excluding hydrogens is 612 g/mol. The predicted molar refractivity (Wildman–Crippen MR) is 140 cm³/mol. The van der Waals surface area contributed by atoms with Gasteiger partial charge in [0.1, 0.15) is 18.8 Å². The summed E-state index contributed by atoms with van der Waals surface area (Å²) in [7, 11) is 1.24. The van der Waals surface area contributed by atoms with Crippen LogP contribution in [0.15, 0.2) is 0 Å². The van der Waals surface area contributed by atoms with E-state index in [-0.39, 0.29) is 0 Å². The molecule has 254 valence electrons. The highest BCUT2D eigenvalue weighted by Crippen LogP contribution is 2.34. The van der Waals surface area contributed by atoms with Crippen LogP contribution in [0.1, 0.15) is 48.5 Å². The van der Waals surface area contributed by atoms with E-state index in [1.807, 2.05) is 0 Å². The van der Waals surface area contributed by atoms with Crippen molar-refractivity contribution < 1.29 is 85.7 Å². The number of carbonyl (C=O) groups is 7. The molecule has 0 amide bonds. The third kappa shape index (κ3) is 11.2. The predicted octanol–water partition coefficient (Wildman–Crippen LogP) is -0.747. The Morgan fingerprint density at radius 3 is 1.27 bits per heavy atom. The lowest BCUT2D eigenvalue weighted by molar-refractivity contribution is -0.222. The topological polar surface area (TPSA) is 221 Å². The van der Waals surface area contributed by atoms with E-state index >= 15 is 0 Å². The van der Waals surface area contributed by atoms with Gasteiger partial charge in [-0.3, -0.25) is 33.6 Å². The van der Waals surface area contributed by atoms with Crippen LogP contribution in [0.3, 0.4) is 0 Å². The number of ether oxygens (including phenoxy) is 11. The minimum atomic E-state index is -1.56. The molecule has 10 atom stereocenters. The average Bonchev–Trinajstić information content (AvgIpc) is 3.40. The minimum Gasteiger partial charge on any atom is -0.462 e. The van der Waals surface area contributed by atoms with E-state index in [2.05, 4.69) is 0 Å². The van der Waals surface area contributed by atoms with Crippen molar-refractivity contribution >= 4 is 41.8 Å². The Balaban J connectivity index is 2.45.